The molecule has 0 radical (unpaired) electrons. The third kappa shape index (κ3) is 1.75. The number of aromatic nitrogens is 1. The molecule has 0 aliphatic heterocycles. The summed E-state index contributed by atoms with van der Waals surface area (Å²) in [6.45, 7) is 0. The molecular formula is C17H12BrNO3. The number of aromatic hydroxyl groups is 1. The standard InChI is InChI=1S/C17H11NO3.BrH/c1-21-12-8-9-6-7-18-15-13(9)14(17(12)20)10-4-2-3-5-11(10)16(15)19;/h2-8,20H,1H3;1H. The van der Waals surface area contributed by atoms with Crippen LogP contribution in [0.4, 0.5) is 0 Å². The molecule has 1 heterocycles. The molecule has 1 aliphatic carbocycles. The maximum absolute atomic E-state index is 12.6. The molecule has 0 bridgehead atoms. The van der Waals surface area contributed by atoms with Crippen molar-refractivity contribution in [1.82, 2.24) is 4.98 Å². The summed E-state index contributed by atoms with van der Waals surface area (Å²) in [5.74, 6) is 0.311. The van der Waals surface area contributed by atoms with Gasteiger partial charge in [0, 0.05) is 22.7 Å². The van der Waals surface area contributed by atoms with E-state index in [2.05, 4.69) is 4.98 Å². The molecule has 0 spiro atoms. The number of methoxy groups -OCH3 is 1. The first-order valence-electron chi connectivity index (χ1n) is 6.55. The molecule has 1 aliphatic rings. The van der Waals surface area contributed by atoms with Gasteiger partial charge in [0.15, 0.2) is 11.5 Å². The number of rotatable bonds is 1. The molecule has 0 saturated heterocycles. The molecule has 0 atom stereocenters. The summed E-state index contributed by atoms with van der Waals surface area (Å²) in [5.41, 5.74) is 2.25. The number of fused-ring (bicyclic) bond motifs is 2. The Balaban J connectivity index is 0.00000144. The van der Waals surface area contributed by atoms with Gasteiger partial charge in [-0.2, -0.15) is 0 Å². The first-order valence-corrected chi connectivity index (χ1v) is 6.55. The number of halogens is 1. The first-order chi connectivity index (χ1) is 10.2. The van der Waals surface area contributed by atoms with Crippen LogP contribution in [0.3, 0.4) is 0 Å². The summed E-state index contributed by atoms with van der Waals surface area (Å²) in [4.78, 5) is 16.8. The largest absolute Gasteiger partial charge is 0.504 e. The highest BCUT2D eigenvalue weighted by molar-refractivity contribution is 8.93. The fraction of sp³-hybridized carbons (Fsp3) is 0.0588. The van der Waals surface area contributed by atoms with Gasteiger partial charge in [-0.3, -0.25) is 9.78 Å². The average Bonchev–Trinajstić information content (AvgIpc) is 2.53. The Bertz CT molecular complexity index is 921. The topological polar surface area (TPSA) is 59.4 Å². The van der Waals surface area contributed by atoms with Crippen molar-refractivity contribution in [3.05, 3.63) is 53.9 Å². The number of phenols is 1. The van der Waals surface area contributed by atoms with Crippen molar-refractivity contribution in [2.75, 3.05) is 7.11 Å². The minimum Gasteiger partial charge on any atom is -0.504 e. The average molecular weight is 358 g/mol. The molecule has 4 nitrogen and oxygen atoms in total. The van der Waals surface area contributed by atoms with Crippen LogP contribution >= 0.6 is 17.0 Å². The van der Waals surface area contributed by atoms with Gasteiger partial charge in [0.25, 0.3) is 0 Å². The number of carbonyl (C=O) groups excluding carboxylic acids is 1. The van der Waals surface area contributed by atoms with Crippen LogP contribution in [0.25, 0.3) is 21.9 Å². The van der Waals surface area contributed by atoms with E-state index in [1.807, 2.05) is 18.2 Å². The van der Waals surface area contributed by atoms with E-state index in [1.165, 1.54) is 7.11 Å². The lowest BCUT2D eigenvalue weighted by molar-refractivity contribution is 0.103. The molecular weight excluding hydrogens is 346 g/mol. The second kappa shape index (κ2) is 5.10. The maximum atomic E-state index is 12.6. The van der Waals surface area contributed by atoms with Gasteiger partial charge in [-0.1, -0.05) is 24.3 Å². The normalized spacial score (nSPS) is 11.8. The van der Waals surface area contributed by atoms with Crippen molar-refractivity contribution in [2.24, 2.45) is 0 Å². The molecule has 110 valence electrons. The monoisotopic (exact) mass is 357 g/mol. The van der Waals surface area contributed by atoms with Crippen molar-refractivity contribution >= 4 is 33.5 Å². The minimum absolute atomic E-state index is 0. The highest BCUT2D eigenvalue weighted by Gasteiger charge is 2.29. The van der Waals surface area contributed by atoms with Gasteiger partial charge in [-0.25, -0.2) is 0 Å². The Morgan fingerprint density at radius 2 is 1.86 bits per heavy atom. The van der Waals surface area contributed by atoms with E-state index in [1.54, 1.807) is 24.4 Å². The van der Waals surface area contributed by atoms with E-state index >= 15 is 0 Å². The molecule has 22 heavy (non-hydrogen) atoms. The number of ether oxygens (including phenoxy) is 1. The van der Waals surface area contributed by atoms with Gasteiger partial charge >= 0.3 is 0 Å². The number of phenolic OH excluding ortho intramolecular Hbond substituents is 1. The second-order valence-electron chi connectivity index (χ2n) is 4.93. The van der Waals surface area contributed by atoms with Crippen LogP contribution in [0.5, 0.6) is 11.5 Å². The predicted octanol–water partition coefficient (Wildman–Crippen LogP) is 3.74. The van der Waals surface area contributed by atoms with Crippen LogP contribution in [0.1, 0.15) is 16.1 Å². The van der Waals surface area contributed by atoms with Crippen molar-refractivity contribution in [2.45, 2.75) is 0 Å². The molecule has 3 aromatic rings. The first kappa shape index (κ1) is 14.5. The smallest absolute Gasteiger partial charge is 0.212 e. The highest BCUT2D eigenvalue weighted by Crippen LogP contribution is 2.47. The van der Waals surface area contributed by atoms with Crippen LogP contribution in [-0.2, 0) is 0 Å². The predicted molar refractivity (Wildman–Crippen MR) is 89.2 cm³/mol. The summed E-state index contributed by atoms with van der Waals surface area (Å²) >= 11 is 0. The molecule has 0 saturated carbocycles. The third-order valence-electron chi connectivity index (χ3n) is 3.87. The molecule has 0 amide bonds. The van der Waals surface area contributed by atoms with Crippen LogP contribution in [0.15, 0.2) is 42.6 Å². The molecule has 4 rings (SSSR count). The zero-order valence-corrected chi connectivity index (χ0v) is 13.4. The van der Waals surface area contributed by atoms with Crippen LogP contribution in [0, 0.1) is 0 Å². The molecule has 1 aromatic heterocycles. The Hall–Kier alpha value is -2.40. The van der Waals surface area contributed by atoms with E-state index in [0.29, 0.717) is 33.5 Å². The molecule has 5 heteroatoms. The lowest BCUT2D eigenvalue weighted by Gasteiger charge is -2.21. The van der Waals surface area contributed by atoms with Crippen LogP contribution in [-0.4, -0.2) is 23.0 Å². The fourth-order valence-electron chi connectivity index (χ4n) is 2.93. The van der Waals surface area contributed by atoms with Crippen LogP contribution in [0.2, 0.25) is 0 Å². The maximum Gasteiger partial charge on any atom is 0.212 e. The highest BCUT2D eigenvalue weighted by atomic mass is 79.9. The lowest BCUT2D eigenvalue weighted by Crippen LogP contribution is -2.12. The number of nitrogens with zero attached hydrogens (tertiary/aromatic N) is 1. The number of hydrogen-bond acceptors (Lipinski definition) is 4. The summed E-state index contributed by atoms with van der Waals surface area (Å²) in [7, 11) is 1.51. The van der Waals surface area contributed by atoms with Gasteiger partial charge in [-0.05, 0) is 23.1 Å². The summed E-state index contributed by atoms with van der Waals surface area (Å²) < 4.78 is 5.25. The van der Waals surface area contributed by atoms with Gasteiger partial charge < -0.3 is 9.84 Å². The van der Waals surface area contributed by atoms with Crippen LogP contribution < -0.4 is 4.74 Å². The second-order valence-corrected chi connectivity index (χ2v) is 4.93. The molecule has 0 unspecified atom stereocenters. The Labute approximate surface area is 137 Å². The minimum atomic E-state index is -0.117. The van der Waals surface area contributed by atoms with E-state index in [4.69, 9.17) is 4.74 Å². The molecule has 1 N–H and O–H groups in total. The van der Waals surface area contributed by atoms with E-state index in [-0.39, 0.29) is 28.5 Å². The van der Waals surface area contributed by atoms with Crippen molar-refractivity contribution in [3.8, 4) is 22.6 Å². The summed E-state index contributed by atoms with van der Waals surface area (Å²) in [6.07, 6.45) is 1.60. The number of carbonyl (C=O) groups is 1. The Kier molecular flexibility index (Phi) is 3.37. The van der Waals surface area contributed by atoms with E-state index < -0.39 is 0 Å². The third-order valence-corrected chi connectivity index (χ3v) is 3.87. The van der Waals surface area contributed by atoms with Crippen molar-refractivity contribution < 1.29 is 14.6 Å². The quantitative estimate of drug-likeness (QED) is 0.563. The Morgan fingerprint density at radius 3 is 2.59 bits per heavy atom. The summed E-state index contributed by atoms with van der Waals surface area (Å²) in [6, 6.07) is 10.8. The molecule has 0 fully saturated rings. The van der Waals surface area contributed by atoms with Gasteiger partial charge in [0.2, 0.25) is 5.78 Å². The molecule has 2 aromatic carbocycles. The SMILES string of the molecule is Br.COc1cc2ccnc3c2c(c1O)-c1ccccc1C3=O. The number of hydrogen-bond donors (Lipinski definition) is 1. The number of ketones is 1. The number of pyridine rings is 1. The van der Waals surface area contributed by atoms with Gasteiger partial charge in [0.05, 0.1) is 7.11 Å². The summed E-state index contributed by atoms with van der Waals surface area (Å²) in [5, 5.41) is 12.0. The lowest BCUT2D eigenvalue weighted by atomic mass is 9.84. The van der Waals surface area contributed by atoms with Crippen molar-refractivity contribution in [1.29, 1.82) is 0 Å². The van der Waals surface area contributed by atoms with Gasteiger partial charge in [-0.15, -0.1) is 17.0 Å². The zero-order chi connectivity index (χ0) is 14.6. The van der Waals surface area contributed by atoms with E-state index in [9.17, 15) is 9.90 Å². The fourth-order valence-corrected chi connectivity index (χ4v) is 2.93. The Morgan fingerprint density at radius 1 is 1.14 bits per heavy atom. The number of benzene rings is 2. The zero-order valence-electron chi connectivity index (χ0n) is 11.7. The van der Waals surface area contributed by atoms with Gasteiger partial charge in [0.1, 0.15) is 5.69 Å². The van der Waals surface area contributed by atoms with Crippen molar-refractivity contribution in [3.63, 3.8) is 0 Å². The van der Waals surface area contributed by atoms with E-state index in [0.717, 1.165) is 5.39 Å².